The molecular weight excluding hydrogens is 172 g/mol. The van der Waals surface area contributed by atoms with Gasteiger partial charge in [-0.05, 0) is 24.0 Å². The van der Waals surface area contributed by atoms with Gasteiger partial charge in [-0.2, -0.15) is 0 Å². The summed E-state index contributed by atoms with van der Waals surface area (Å²) in [5.74, 6) is 0. The Morgan fingerprint density at radius 2 is 2.07 bits per heavy atom. The van der Waals surface area contributed by atoms with Crippen LogP contribution in [0.2, 0.25) is 0 Å². The molecule has 0 unspecified atom stereocenters. The molecule has 1 aliphatic heterocycles. The van der Waals surface area contributed by atoms with Gasteiger partial charge in [0.15, 0.2) is 0 Å². The standard InChI is InChI=1S/C12H12N2/c1-2-4-11-9(3-1)5-6-10-7-13-8-14-12(10)11/h1-4,8H,5-7H2,(H,13,14). The van der Waals surface area contributed by atoms with Gasteiger partial charge in [-0.3, -0.25) is 4.99 Å². The number of aryl methyl sites for hydroxylation is 1. The first-order valence-corrected chi connectivity index (χ1v) is 5.00. The van der Waals surface area contributed by atoms with Crippen molar-refractivity contribution in [2.24, 2.45) is 4.99 Å². The van der Waals surface area contributed by atoms with Gasteiger partial charge in [-0.25, -0.2) is 0 Å². The topological polar surface area (TPSA) is 24.4 Å². The van der Waals surface area contributed by atoms with Crippen molar-refractivity contribution in [1.82, 2.24) is 5.32 Å². The van der Waals surface area contributed by atoms with E-state index >= 15 is 0 Å². The van der Waals surface area contributed by atoms with Crippen LogP contribution in [0.4, 0.5) is 0 Å². The van der Waals surface area contributed by atoms with Crippen LogP contribution in [0.1, 0.15) is 17.5 Å². The summed E-state index contributed by atoms with van der Waals surface area (Å²) >= 11 is 0. The SMILES string of the molecule is C1=NCC2=C(N1)c1ccccc1CC2. The third-order valence-electron chi connectivity index (χ3n) is 2.92. The molecule has 0 atom stereocenters. The molecule has 1 aliphatic carbocycles. The van der Waals surface area contributed by atoms with Crippen molar-refractivity contribution in [1.29, 1.82) is 0 Å². The van der Waals surface area contributed by atoms with Gasteiger partial charge in [0.25, 0.3) is 0 Å². The molecule has 2 nitrogen and oxygen atoms in total. The number of fused-ring (bicyclic) bond motifs is 2. The van der Waals surface area contributed by atoms with E-state index in [4.69, 9.17) is 0 Å². The molecule has 1 N–H and O–H groups in total. The van der Waals surface area contributed by atoms with E-state index in [1.165, 1.54) is 22.4 Å². The minimum Gasteiger partial charge on any atom is -0.346 e. The Labute approximate surface area is 83.4 Å². The summed E-state index contributed by atoms with van der Waals surface area (Å²) in [6.45, 7) is 0.872. The van der Waals surface area contributed by atoms with Crippen molar-refractivity contribution in [2.45, 2.75) is 12.8 Å². The van der Waals surface area contributed by atoms with E-state index in [-0.39, 0.29) is 0 Å². The Bertz CT molecular complexity index is 430. The van der Waals surface area contributed by atoms with Crippen LogP contribution in [0.25, 0.3) is 5.70 Å². The molecule has 1 aromatic carbocycles. The van der Waals surface area contributed by atoms with E-state index in [2.05, 4.69) is 34.6 Å². The predicted molar refractivity (Wildman–Crippen MR) is 58.2 cm³/mol. The van der Waals surface area contributed by atoms with Crippen LogP contribution in [0.5, 0.6) is 0 Å². The molecule has 0 saturated heterocycles. The first-order chi connectivity index (χ1) is 6.95. The minimum absolute atomic E-state index is 0.872. The highest BCUT2D eigenvalue weighted by molar-refractivity contribution is 5.82. The quantitative estimate of drug-likeness (QED) is 0.655. The maximum Gasteiger partial charge on any atom is 0.0872 e. The van der Waals surface area contributed by atoms with Crippen LogP contribution in [-0.4, -0.2) is 12.9 Å². The molecule has 3 rings (SSSR count). The molecule has 0 bridgehead atoms. The minimum atomic E-state index is 0.872. The Hall–Kier alpha value is -1.57. The maximum absolute atomic E-state index is 4.24. The zero-order valence-electron chi connectivity index (χ0n) is 7.96. The fourth-order valence-electron chi connectivity index (χ4n) is 2.19. The Morgan fingerprint density at radius 1 is 1.14 bits per heavy atom. The molecule has 0 fully saturated rings. The molecule has 0 radical (unpaired) electrons. The Morgan fingerprint density at radius 3 is 3.07 bits per heavy atom. The summed E-state index contributed by atoms with van der Waals surface area (Å²) < 4.78 is 0. The van der Waals surface area contributed by atoms with E-state index in [0.717, 1.165) is 19.4 Å². The molecular formula is C12H12N2. The van der Waals surface area contributed by atoms with Gasteiger partial charge in [-0.15, -0.1) is 0 Å². The van der Waals surface area contributed by atoms with Crippen LogP contribution in [0.3, 0.4) is 0 Å². The van der Waals surface area contributed by atoms with E-state index < -0.39 is 0 Å². The van der Waals surface area contributed by atoms with Crippen molar-refractivity contribution in [3.63, 3.8) is 0 Å². The highest BCUT2D eigenvalue weighted by atomic mass is 15.0. The summed E-state index contributed by atoms with van der Waals surface area (Å²) in [7, 11) is 0. The molecule has 0 aromatic heterocycles. The zero-order valence-corrected chi connectivity index (χ0v) is 7.96. The number of aliphatic imine (C=N–C) groups is 1. The Balaban J connectivity index is 2.14. The molecule has 2 aliphatic rings. The first kappa shape index (κ1) is 7.80. The van der Waals surface area contributed by atoms with Gasteiger partial charge in [0, 0.05) is 11.3 Å². The lowest BCUT2D eigenvalue weighted by Gasteiger charge is -2.24. The predicted octanol–water partition coefficient (Wildman–Crippen LogP) is 1.98. The number of nitrogens with zero attached hydrogens (tertiary/aromatic N) is 1. The van der Waals surface area contributed by atoms with Crippen LogP contribution in [0.15, 0.2) is 34.8 Å². The number of nitrogens with one attached hydrogen (secondary N) is 1. The molecule has 1 heterocycles. The molecule has 0 spiro atoms. The van der Waals surface area contributed by atoms with Gasteiger partial charge in [0.05, 0.1) is 12.9 Å². The lowest BCUT2D eigenvalue weighted by molar-refractivity contribution is 0.860. The van der Waals surface area contributed by atoms with E-state index in [0.29, 0.717) is 0 Å². The number of hydrogen-bond acceptors (Lipinski definition) is 2. The molecule has 0 saturated carbocycles. The summed E-state index contributed by atoms with van der Waals surface area (Å²) in [6, 6.07) is 8.62. The zero-order chi connectivity index (χ0) is 9.38. The fourth-order valence-corrected chi connectivity index (χ4v) is 2.19. The van der Waals surface area contributed by atoms with Gasteiger partial charge >= 0.3 is 0 Å². The molecule has 0 amide bonds. The highest BCUT2D eigenvalue weighted by Gasteiger charge is 2.18. The summed E-state index contributed by atoms with van der Waals surface area (Å²) in [5.41, 5.74) is 5.56. The Kier molecular flexibility index (Phi) is 1.66. The van der Waals surface area contributed by atoms with Gasteiger partial charge in [0.2, 0.25) is 0 Å². The van der Waals surface area contributed by atoms with Crippen molar-refractivity contribution < 1.29 is 0 Å². The summed E-state index contributed by atoms with van der Waals surface area (Å²) in [5, 5.41) is 3.27. The van der Waals surface area contributed by atoms with Crippen LogP contribution in [-0.2, 0) is 6.42 Å². The summed E-state index contributed by atoms with van der Waals surface area (Å²) in [4.78, 5) is 4.24. The molecule has 2 heteroatoms. The van der Waals surface area contributed by atoms with E-state index in [1.807, 2.05) is 0 Å². The number of hydrogen-bond donors (Lipinski definition) is 1. The second-order valence-corrected chi connectivity index (χ2v) is 3.75. The second kappa shape index (κ2) is 2.98. The fraction of sp³-hybridized carbons (Fsp3) is 0.250. The van der Waals surface area contributed by atoms with Crippen LogP contribution < -0.4 is 5.32 Å². The van der Waals surface area contributed by atoms with E-state index in [1.54, 1.807) is 6.34 Å². The monoisotopic (exact) mass is 184 g/mol. The van der Waals surface area contributed by atoms with Crippen molar-refractivity contribution >= 4 is 12.0 Å². The van der Waals surface area contributed by atoms with Crippen molar-refractivity contribution in [3.05, 3.63) is 41.0 Å². The molecule has 14 heavy (non-hydrogen) atoms. The first-order valence-electron chi connectivity index (χ1n) is 5.00. The van der Waals surface area contributed by atoms with Gasteiger partial charge in [-0.1, -0.05) is 24.3 Å². The third-order valence-corrected chi connectivity index (χ3v) is 2.92. The molecule has 1 aromatic rings. The lowest BCUT2D eigenvalue weighted by Crippen LogP contribution is -2.22. The smallest absolute Gasteiger partial charge is 0.0872 e. The second-order valence-electron chi connectivity index (χ2n) is 3.75. The van der Waals surface area contributed by atoms with Gasteiger partial charge < -0.3 is 5.32 Å². The van der Waals surface area contributed by atoms with Crippen LogP contribution >= 0.6 is 0 Å². The highest BCUT2D eigenvalue weighted by Crippen LogP contribution is 2.30. The lowest BCUT2D eigenvalue weighted by atomic mass is 9.89. The normalized spacial score (nSPS) is 18.6. The van der Waals surface area contributed by atoms with E-state index in [9.17, 15) is 0 Å². The largest absolute Gasteiger partial charge is 0.346 e. The molecule has 70 valence electrons. The number of benzene rings is 1. The van der Waals surface area contributed by atoms with Crippen molar-refractivity contribution in [2.75, 3.05) is 6.54 Å². The average molecular weight is 184 g/mol. The summed E-state index contributed by atoms with van der Waals surface area (Å²) in [6.07, 6.45) is 4.11. The maximum atomic E-state index is 4.24. The van der Waals surface area contributed by atoms with Crippen molar-refractivity contribution in [3.8, 4) is 0 Å². The number of rotatable bonds is 0. The average Bonchev–Trinajstić information content (AvgIpc) is 2.29. The third kappa shape index (κ3) is 1.07. The van der Waals surface area contributed by atoms with Gasteiger partial charge in [0.1, 0.15) is 0 Å². The van der Waals surface area contributed by atoms with Crippen LogP contribution in [0, 0.1) is 0 Å².